The number of pyridine rings is 2. The van der Waals surface area contributed by atoms with Gasteiger partial charge in [0.05, 0.1) is 17.5 Å². The third kappa shape index (κ3) is 2.09. The van der Waals surface area contributed by atoms with E-state index in [0.717, 1.165) is 0 Å². The number of nitrogens with zero attached hydrogens (tertiary/aromatic N) is 3. The Morgan fingerprint density at radius 3 is 2.00 bits per heavy atom. The predicted molar refractivity (Wildman–Crippen MR) is 81.0 cm³/mol. The number of carbonyl (C=O) groups is 2. The van der Waals surface area contributed by atoms with Gasteiger partial charge in [0.1, 0.15) is 0 Å². The Morgan fingerprint density at radius 1 is 1.04 bits per heavy atom. The van der Waals surface area contributed by atoms with E-state index in [9.17, 15) is 14.9 Å². The summed E-state index contributed by atoms with van der Waals surface area (Å²) < 4.78 is 0. The first-order valence-corrected chi connectivity index (χ1v) is 7.13. The molecule has 0 bridgehead atoms. The van der Waals surface area contributed by atoms with E-state index >= 15 is 0 Å². The Bertz CT molecular complexity index is 808. The largest absolute Gasteiger partial charge is 0.294 e. The maximum atomic E-state index is 12.7. The molecule has 1 fully saturated rings. The van der Waals surface area contributed by atoms with Crippen LogP contribution in [-0.2, 0) is 15.0 Å². The van der Waals surface area contributed by atoms with Crippen LogP contribution in [0.4, 0.5) is 0 Å². The van der Waals surface area contributed by atoms with Crippen LogP contribution in [0.25, 0.3) is 0 Å². The van der Waals surface area contributed by atoms with Crippen LogP contribution in [0.5, 0.6) is 0 Å². The molecule has 0 spiro atoms. The number of hydrogen-bond acceptors (Lipinski definition) is 5. The zero-order valence-electron chi connectivity index (χ0n) is 12.7. The second kappa shape index (κ2) is 5.29. The van der Waals surface area contributed by atoms with Crippen LogP contribution in [0.15, 0.2) is 36.4 Å². The van der Waals surface area contributed by atoms with Gasteiger partial charge in [0.2, 0.25) is 11.8 Å². The van der Waals surface area contributed by atoms with Crippen LogP contribution in [0, 0.1) is 31.1 Å². The fourth-order valence-electron chi connectivity index (χ4n) is 2.95. The summed E-state index contributed by atoms with van der Waals surface area (Å²) in [4.78, 5) is 33.7. The first-order valence-electron chi connectivity index (χ1n) is 7.13. The zero-order chi connectivity index (χ0) is 16.6. The Balaban J connectivity index is 2.37. The van der Waals surface area contributed by atoms with E-state index in [0.29, 0.717) is 22.8 Å². The molecular weight excluding hydrogens is 292 g/mol. The summed E-state index contributed by atoms with van der Waals surface area (Å²) in [5, 5.41) is 11.8. The minimum absolute atomic E-state index is 0.352. The second-order valence-electron chi connectivity index (χ2n) is 5.52. The van der Waals surface area contributed by atoms with Crippen molar-refractivity contribution in [3.63, 3.8) is 0 Å². The van der Waals surface area contributed by atoms with Crippen molar-refractivity contribution in [3.05, 3.63) is 59.2 Å². The molecule has 1 atom stereocenters. The molecule has 0 radical (unpaired) electrons. The number of hydrogen-bond donors (Lipinski definition) is 1. The summed E-state index contributed by atoms with van der Waals surface area (Å²) in [6.45, 7) is 3.58. The molecule has 3 heterocycles. The van der Waals surface area contributed by atoms with E-state index in [-0.39, 0.29) is 0 Å². The van der Waals surface area contributed by atoms with Gasteiger partial charge in [0, 0.05) is 11.4 Å². The molecule has 2 amide bonds. The van der Waals surface area contributed by atoms with Crippen LogP contribution >= 0.6 is 0 Å². The Hall–Kier alpha value is -3.07. The highest BCUT2D eigenvalue weighted by atomic mass is 16.2. The third-order valence-electron chi connectivity index (χ3n) is 4.00. The van der Waals surface area contributed by atoms with Crippen molar-refractivity contribution in [1.29, 1.82) is 5.26 Å². The average molecular weight is 306 g/mol. The fourth-order valence-corrected chi connectivity index (χ4v) is 2.95. The summed E-state index contributed by atoms with van der Waals surface area (Å²) in [6, 6.07) is 12.3. The van der Waals surface area contributed by atoms with Crippen molar-refractivity contribution in [2.24, 2.45) is 5.92 Å². The standard InChI is InChI=1S/C17H14N4O2/c1-10-5-3-7-13(19-10)17(14-8-4-6-11(2)20-14)12(9-18)15(22)21-16(17)23/h3-8,12H,1-2H3,(H,21,22,23)/t12-/m0/s1. The summed E-state index contributed by atoms with van der Waals surface area (Å²) in [6.07, 6.45) is 0. The second-order valence-corrected chi connectivity index (χ2v) is 5.52. The maximum Gasteiger partial charge on any atom is 0.246 e. The summed E-state index contributed by atoms with van der Waals surface area (Å²) in [7, 11) is 0. The highest BCUT2D eigenvalue weighted by Crippen LogP contribution is 2.41. The molecular formula is C17H14N4O2. The SMILES string of the molecule is Cc1cccc(C2(c3cccc(C)n3)C(=O)NC(=O)[C@@H]2C#N)n1. The lowest BCUT2D eigenvalue weighted by Crippen LogP contribution is -2.42. The molecule has 2 aromatic rings. The maximum absolute atomic E-state index is 12.7. The molecule has 0 aromatic carbocycles. The van der Waals surface area contributed by atoms with Crippen LogP contribution in [-0.4, -0.2) is 21.8 Å². The quantitative estimate of drug-likeness (QED) is 0.840. The lowest BCUT2D eigenvalue weighted by Gasteiger charge is -2.27. The van der Waals surface area contributed by atoms with Crippen molar-refractivity contribution >= 4 is 11.8 Å². The van der Waals surface area contributed by atoms with Crippen molar-refractivity contribution in [3.8, 4) is 6.07 Å². The molecule has 6 heteroatoms. The topological polar surface area (TPSA) is 95.7 Å². The van der Waals surface area contributed by atoms with E-state index < -0.39 is 23.1 Å². The van der Waals surface area contributed by atoms with E-state index in [1.807, 2.05) is 6.07 Å². The van der Waals surface area contributed by atoms with Gasteiger partial charge < -0.3 is 0 Å². The number of carbonyl (C=O) groups excluding carboxylic acids is 2. The minimum Gasteiger partial charge on any atom is -0.294 e. The molecule has 1 aliphatic heterocycles. The van der Waals surface area contributed by atoms with Gasteiger partial charge in [-0.1, -0.05) is 12.1 Å². The Kier molecular flexibility index (Phi) is 3.41. The molecule has 3 rings (SSSR count). The van der Waals surface area contributed by atoms with Crippen molar-refractivity contribution in [1.82, 2.24) is 15.3 Å². The molecule has 2 aromatic heterocycles. The lowest BCUT2D eigenvalue weighted by molar-refractivity contribution is -0.126. The fraction of sp³-hybridized carbons (Fsp3) is 0.235. The molecule has 0 saturated carbocycles. The van der Waals surface area contributed by atoms with Gasteiger partial charge >= 0.3 is 0 Å². The monoisotopic (exact) mass is 306 g/mol. The van der Waals surface area contributed by atoms with Crippen molar-refractivity contribution in [2.45, 2.75) is 19.3 Å². The Labute approximate surface area is 133 Å². The number of nitrogens with one attached hydrogen (secondary N) is 1. The number of nitriles is 1. The van der Waals surface area contributed by atoms with Gasteiger partial charge in [-0.15, -0.1) is 0 Å². The van der Waals surface area contributed by atoms with E-state index in [2.05, 4.69) is 15.3 Å². The summed E-state index contributed by atoms with van der Waals surface area (Å²) in [5.41, 5.74) is 0.567. The molecule has 1 aliphatic rings. The molecule has 0 unspecified atom stereocenters. The van der Waals surface area contributed by atoms with Gasteiger partial charge in [-0.2, -0.15) is 5.26 Å². The predicted octanol–water partition coefficient (Wildman–Crippen LogP) is 1.18. The normalized spacial score (nSPS) is 19.3. The minimum atomic E-state index is -1.52. The third-order valence-corrected chi connectivity index (χ3v) is 4.00. The number of imide groups is 1. The molecule has 114 valence electrons. The first kappa shape index (κ1) is 14.9. The summed E-state index contributed by atoms with van der Waals surface area (Å²) >= 11 is 0. The number of rotatable bonds is 2. The smallest absolute Gasteiger partial charge is 0.246 e. The highest BCUT2D eigenvalue weighted by molar-refractivity contribution is 6.13. The molecule has 6 nitrogen and oxygen atoms in total. The van der Waals surface area contributed by atoms with Gasteiger partial charge in [0.25, 0.3) is 0 Å². The first-order chi connectivity index (χ1) is 11.0. The number of aromatic nitrogens is 2. The lowest BCUT2D eigenvalue weighted by atomic mass is 9.71. The van der Waals surface area contributed by atoms with Gasteiger partial charge in [0.15, 0.2) is 11.3 Å². The van der Waals surface area contributed by atoms with Gasteiger partial charge in [-0.25, -0.2) is 0 Å². The van der Waals surface area contributed by atoms with Gasteiger partial charge in [-0.3, -0.25) is 24.9 Å². The van der Waals surface area contributed by atoms with Crippen LogP contribution in [0.1, 0.15) is 22.8 Å². The van der Waals surface area contributed by atoms with Gasteiger partial charge in [-0.05, 0) is 38.1 Å². The molecule has 23 heavy (non-hydrogen) atoms. The van der Waals surface area contributed by atoms with Crippen molar-refractivity contribution < 1.29 is 9.59 Å². The van der Waals surface area contributed by atoms with Crippen LogP contribution < -0.4 is 5.32 Å². The Morgan fingerprint density at radius 2 is 1.57 bits per heavy atom. The van der Waals surface area contributed by atoms with Crippen molar-refractivity contribution in [2.75, 3.05) is 0 Å². The number of amides is 2. The van der Waals surface area contributed by atoms with E-state index in [1.165, 1.54) is 0 Å². The van der Waals surface area contributed by atoms with Crippen LogP contribution in [0.3, 0.4) is 0 Å². The van der Waals surface area contributed by atoms with Crippen LogP contribution in [0.2, 0.25) is 0 Å². The van der Waals surface area contributed by atoms with E-state index in [1.54, 1.807) is 50.2 Å². The average Bonchev–Trinajstić information content (AvgIpc) is 2.77. The zero-order valence-corrected chi connectivity index (χ0v) is 12.7. The highest BCUT2D eigenvalue weighted by Gasteiger charge is 2.60. The molecule has 1 N–H and O–H groups in total. The number of aryl methyl sites for hydroxylation is 2. The molecule has 0 aliphatic carbocycles. The molecule has 1 saturated heterocycles. The summed E-state index contributed by atoms with van der Waals surface area (Å²) in [5.74, 6) is -2.40. The van der Waals surface area contributed by atoms with E-state index in [4.69, 9.17) is 0 Å².